The Morgan fingerprint density at radius 2 is 2.00 bits per heavy atom. The van der Waals surface area contributed by atoms with Crippen LogP contribution in [0.2, 0.25) is 0 Å². The third-order valence-corrected chi connectivity index (χ3v) is 4.62. The molecule has 1 unspecified atom stereocenters. The summed E-state index contributed by atoms with van der Waals surface area (Å²) in [4.78, 5) is 24.8. The van der Waals surface area contributed by atoms with E-state index in [-0.39, 0.29) is 17.4 Å². The molecule has 3 atom stereocenters. The summed E-state index contributed by atoms with van der Waals surface area (Å²) in [6.45, 7) is 0. The second kappa shape index (κ2) is 5.44. The molecule has 0 aromatic heterocycles. The predicted octanol–water partition coefficient (Wildman–Crippen LogP) is 2.38. The summed E-state index contributed by atoms with van der Waals surface area (Å²) in [6.07, 6.45) is 3.95. The zero-order valence-corrected chi connectivity index (χ0v) is 11.9. The lowest BCUT2D eigenvalue weighted by Crippen LogP contribution is -2.43. The minimum absolute atomic E-state index is 0.0783. The van der Waals surface area contributed by atoms with Crippen molar-refractivity contribution in [2.24, 2.45) is 0 Å². The van der Waals surface area contributed by atoms with E-state index in [9.17, 15) is 14.9 Å². The van der Waals surface area contributed by atoms with E-state index in [1.54, 1.807) is 6.07 Å². The largest absolute Gasteiger partial charge is 0.459 e. The molecule has 21 heavy (non-hydrogen) atoms. The van der Waals surface area contributed by atoms with Crippen LogP contribution in [0.15, 0.2) is 24.3 Å². The molecule has 2 aliphatic heterocycles. The first-order chi connectivity index (χ1) is 10.0. The number of nitrogens with zero attached hydrogens (tertiary/aromatic N) is 2. The molecule has 3 rings (SSSR count). The lowest BCUT2D eigenvalue weighted by Gasteiger charge is -2.35. The van der Waals surface area contributed by atoms with Crippen LogP contribution in [0, 0.1) is 10.1 Å². The van der Waals surface area contributed by atoms with E-state index >= 15 is 0 Å². The molecule has 0 saturated carbocycles. The standard InChI is InChI=1S/C15H18N2O4/c1-16-11-5-6-12(16)9-14(8-11)21-15(18)10-3-2-4-13(7-10)17(19)20/h2-4,7,11-12,14H,5-6,8-9H2,1H3/t11-,12+,14?. The molecule has 0 radical (unpaired) electrons. The maximum atomic E-state index is 12.1. The van der Waals surface area contributed by atoms with Crippen LogP contribution in [0.1, 0.15) is 36.0 Å². The molecular formula is C15H18N2O4. The van der Waals surface area contributed by atoms with Gasteiger partial charge in [-0.05, 0) is 26.0 Å². The highest BCUT2D eigenvalue weighted by atomic mass is 16.6. The maximum absolute atomic E-state index is 12.1. The topological polar surface area (TPSA) is 72.7 Å². The number of nitro benzene ring substituents is 1. The van der Waals surface area contributed by atoms with E-state index in [0.29, 0.717) is 12.1 Å². The zero-order chi connectivity index (χ0) is 15.0. The molecule has 1 aromatic carbocycles. The average molecular weight is 290 g/mol. The Balaban J connectivity index is 1.67. The summed E-state index contributed by atoms with van der Waals surface area (Å²) in [6, 6.07) is 6.68. The second-order valence-corrected chi connectivity index (χ2v) is 5.86. The molecular weight excluding hydrogens is 272 g/mol. The summed E-state index contributed by atoms with van der Waals surface area (Å²) < 4.78 is 5.55. The van der Waals surface area contributed by atoms with Gasteiger partial charge < -0.3 is 9.64 Å². The monoisotopic (exact) mass is 290 g/mol. The summed E-state index contributed by atoms with van der Waals surface area (Å²) in [5.41, 5.74) is 0.156. The van der Waals surface area contributed by atoms with Gasteiger partial charge in [-0.1, -0.05) is 6.07 Å². The van der Waals surface area contributed by atoms with E-state index in [4.69, 9.17) is 4.74 Å². The van der Waals surface area contributed by atoms with Gasteiger partial charge in [0.1, 0.15) is 6.10 Å². The Morgan fingerprint density at radius 3 is 2.62 bits per heavy atom. The number of non-ortho nitro benzene ring substituents is 1. The molecule has 2 bridgehead atoms. The molecule has 112 valence electrons. The summed E-state index contributed by atoms with van der Waals surface area (Å²) in [5.74, 6) is -0.465. The van der Waals surface area contributed by atoms with Crippen LogP contribution in [0.4, 0.5) is 5.69 Å². The number of ether oxygens (including phenoxy) is 1. The van der Waals surface area contributed by atoms with E-state index in [0.717, 1.165) is 25.7 Å². The minimum atomic E-state index is -0.507. The molecule has 0 aliphatic carbocycles. The van der Waals surface area contributed by atoms with Gasteiger partial charge in [0.25, 0.3) is 5.69 Å². The summed E-state index contributed by atoms with van der Waals surface area (Å²) in [5, 5.41) is 10.7. The first kappa shape index (κ1) is 14.0. The molecule has 6 nitrogen and oxygen atoms in total. The molecule has 2 fully saturated rings. The number of hydrogen-bond acceptors (Lipinski definition) is 5. The van der Waals surface area contributed by atoms with Crippen LogP contribution in [-0.2, 0) is 4.74 Å². The molecule has 0 amide bonds. The Hall–Kier alpha value is -1.95. The molecule has 2 heterocycles. The molecule has 1 aromatic rings. The van der Waals surface area contributed by atoms with Crippen molar-refractivity contribution in [3.63, 3.8) is 0 Å². The fraction of sp³-hybridized carbons (Fsp3) is 0.533. The Labute approximate surface area is 122 Å². The van der Waals surface area contributed by atoms with Crippen LogP contribution < -0.4 is 0 Å². The quantitative estimate of drug-likeness (QED) is 0.485. The Kier molecular flexibility index (Phi) is 3.63. The lowest BCUT2D eigenvalue weighted by molar-refractivity contribution is -0.384. The van der Waals surface area contributed by atoms with E-state index in [2.05, 4.69) is 11.9 Å². The number of carbonyl (C=O) groups excluding carboxylic acids is 1. The van der Waals surface area contributed by atoms with Crippen molar-refractivity contribution in [3.05, 3.63) is 39.9 Å². The van der Waals surface area contributed by atoms with Gasteiger partial charge in [-0.2, -0.15) is 0 Å². The number of benzene rings is 1. The van der Waals surface area contributed by atoms with Crippen LogP contribution in [-0.4, -0.2) is 41.0 Å². The van der Waals surface area contributed by atoms with Crippen LogP contribution in [0.25, 0.3) is 0 Å². The van der Waals surface area contributed by atoms with E-state index in [1.165, 1.54) is 18.2 Å². The number of esters is 1. The Morgan fingerprint density at radius 1 is 1.33 bits per heavy atom. The number of fused-ring (bicyclic) bond motifs is 2. The van der Waals surface area contributed by atoms with Crippen LogP contribution in [0.3, 0.4) is 0 Å². The molecule has 0 spiro atoms. The van der Waals surface area contributed by atoms with Crippen LogP contribution >= 0.6 is 0 Å². The average Bonchev–Trinajstić information content (AvgIpc) is 2.69. The van der Waals surface area contributed by atoms with E-state index < -0.39 is 10.9 Å². The smallest absolute Gasteiger partial charge is 0.338 e. The van der Waals surface area contributed by atoms with Crippen molar-refractivity contribution in [1.29, 1.82) is 0 Å². The van der Waals surface area contributed by atoms with Crippen molar-refractivity contribution in [2.45, 2.75) is 43.9 Å². The summed E-state index contributed by atoms with van der Waals surface area (Å²) >= 11 is 0. The van der Waals surface area contributed by atoms with Crippen molar-refractivity contribution in [2.75, 3.05) is 7.05 Å². The molecule has 0 N–H and O–H groups in total. The van der Waals surface area contributed by atoms with Crippen molar-refractivity contribution in [1.82, 2.24) is 4.90 Å². The van der Waals surface area contributed by atoms with Gasteiger partial charge in [0.15, 0.2) is 0 Å². The van der Waals surface area contributed by atoms with Gasteiger partial charge >= 0.3 is 5.97 Å². The van der Waals surface area contributed by atoms with Crippen LogP contribution in [0.5, 0.6) is 0 Å². The number of carbonyl (C=O) groups is 1. The molecule has 2 saturated heterocycles. The highest BCUT2D eigenvalue weighted by Gasteiger charge is 2.39. The van der Waals surface area contributed by atoms with Gasteiger partial charge in [-0.15, -0.1) is 0 Å². The van der Waals surface area contributed by atoms with Crippen molar-refractivity contribution in [3.8, 4) is 0 Å². The van der Waals surface area contributed by atoms with Gasteiger partial charge in [0.2, 0.25) is 0 Å². The van der Waals surface area contributed by atoms with E-state index in [1.807, 2.05) is 0 Å². The zero-order valence-electron chi connectivity index (χ0n) is 11.9. The lowest BCUT2D eigenvalue weighted by atomic mass is 10.0. The third-order valence-electron chi connectivity index (χ3n) is 4.62. The fourth-order valence-electron chi connectivity index (χ4n) is 3.42. The van der Waals surface area contributed by atoms with Crippen molar-refractivity contribution < 1.29 is 14.5 Å². The minimum Gasteiger partial charge on any atom is -0.459 e. The second-order valence-electron chi connectivity index (χ2n) is 5.86. The van der Waals surface area contributed by atoms with Gasteiger partial charge in [-0.25, -0.2) is 4.79 Å². The first-order valence-corrected chi connectivity index (χ1v) is 7.22. The van der Waals surface area contributed by atoms with Gasteiger partial charge in [-0.3, -0.25) is 10.1 Å². The Bertz CT molecular complexity index is 561. The normalized spacial score (nSPS) is 28.3. The number of rotatable bonds is 3. The number of nitro groups is 1. The highest BCUT2D eigenvalue weighted by molar-refractivity contribution is 5.90. The fourth-order valence-corrected chi connectivity index (χ4v) is 3.42. The third kappa shape index (κ3) is 2.76. The van der Waals surface area contributed by atoms with Crippen molar-refractivity contribution >= 4 is 11.7 Å². The van der Waals surface area contributed by atoms with Gasteiger partial charge in [0, 0.05) is 37.1 Å². The number of hydrogen-bond donors (Lipinski definition) is 0. The predicted molar refractivity (Wildman–Crippen MR) is 76.1 cm³/mol. The molecule has 2 aliphatic rings. The SMILES string of the molecule is CN1[C@@H]2CC[C@H]1CC(OC(=O)c1cccc([N+](=O)[O-])c1)C2. The highest BCUT2D eigenvalue weighted by Crippen LogP contribution is 2.35. The summed E-state index contributed by atoms with van der Waals surface area (Å²) in [7, 11) is 2.13. The first-order valence-electron chi connectivity index (χ1n) is 7.22. The van der Waals surface area contributed by atoms with Gasteiger partial charge in [0.05, 0.1) is 10.5 Å². The molecule has 6 heteroatoms. The maximum Gasteiger partial charge on any atom is 0.338 e. The number of piperidine rings is 1.